The van der Waals surface area contributed by atoms with Gasteiger partial charge in [-0.25, -0.2) is 19.3 Å². The number of nitrogens with two attached hydrogens (primary N) is 1. The highest BCUT2D eigenvalue weighted by Gasteiger charge is 2.20. The predicted molar refractivity (Wildman–Crippen MR) is 111 cm³/mol. The van der Waals surface area contributed by atoms with Gasteiger partial charge in [0.05, 0.1) is 19.4 Å². The minimum absolute atomic E-state index is 0.0618. The second-order valence-electron chi connectivity index (χ2n) is 6.38. The minimum atomic E-state index is -0.766. The number of amides is 1. The van der Waals surface area contributed by atoms with E-state index in [0.29, 0.717) is 29.4 Å². The van der Waals surface area contributed by atoms with Crippen molar-refractivity contribution in [3.8, 4) is 28.6 Å². The monoisotopic (exact) mass is 405 g/mol. The second kappa shape index (κ2) is 7.70. The number of fused-ring (bicyclic) bond motifs is 1. The molecule has 1 amide bonds. The van der Waals surface area contributed by atoms with Gasteiger partial charge in [-0.05, 0) is 55.5 Å². The fourth-order valence-corrected chi connectivity index (χ4v) is 3.13. The molecule has 2 aromatic heterocycles. The lowest BCUT2D eigenvalue weighted by molar-refractivity contribution is 0.0997. The van der Waals surface area contributed by atoms with Gasteiger partial charge in [0, 0.05) is 5.56 Å². The van der Waals surface area contributed by atoms with Gasteiger partial charge in [-0.3, -0.25) is 4.79 Å². The molecule has 152 valence electrons. The zero-order valence-electron chi connectivity index (χ0n) is 16.4. The highest BCUT2D eigenvalue weighted by Crippen LogP contribution is 2.24. The molecule has 4 rings (SSSR count). The number of H-pyrrole nitrogens is 1. The van der Waals surface area contributed by atoms with Crippen LogP contribution in [-0.2, 0) is 0 Å². The fourth-order valence-electron chi connectivity index (χ4n) is 3.13. The number of primary amides is 1. The topological polar surface area (TPSA) is 125 Å². The van der Waals surface area contributed by atoms with Gasteiger partial charge >= 0.3 is 5.69 Å². The van der Waals surface area contributed by atoms with Gasteiger partial charge in [0.15, 0.2) is 17.2 Å². The molecule has 0 bridgehead atoms. The van der Waals surface area contributed by atoms with E-state index in [1.807, 2.05) is 6.92 Å². The maximum absolute atomic E-state index is 12.7. The zero-order valence-corrected chi connectivity index (χ0v) is 16.4. The first-order chi connectivity index (χ1) is 14.5. The molecule has 0 unspecified atom stereocenters. The average Bonchev–Trinajstić information content (AvgIpc) is 3.09. The van der Waals surface area contributed by atoms with Crippen LogP contribution >= 0.6 is 0 Å². The molecule has 0 spiro atoms. The number of nitrogens with zero attached hydrogens (tertiary/aromatic N) is 3. The molecular formula is C21H19N5O4. The number of hydrogen-bond acceptors (Lipinski definition) is 6. The lowest BCUT2D eigenvalue weighted by atomic mass is 10.2. The fraction of sp³-hybridized carbons (Fsp3) is 0.143. The third kappa shape index (κ3) is 3.37. The number of ether oxygens (including phenoxy) is 2. The maximum atomic E-state index is 12.7. The van der Waals surface area contributed by atoms with Crippen LogP contribution in [0, 0.1) is 0 Å². The molecule has 30 heavy (non-hydrogen) atoms. The van der Waals surface area contributed by atoms with Crippen molar-refractivity contribution in [1.29, 1.82) is 0 Å². The molecule has 0 saturated heterocycles. The lowest BCUT2D eigenvalue weighted by Gasteiger charge is -2.08. The highest BCUT2D eigenvalue weighted by atomic mass is 16.5. The molecule has 0 radical (unpaired) electrons. The smallest absolute Gasteiger partial charge is 0.332 e. The Bertz CT molecular complexity index is 1270. The summed E-state index contributed by atoms with van der Waals surface area (Å²) in [7, 11) is 1.56. The Kier molecular flexibility index (Phi) is 4.93. The molecule has 2 aromatic carbocycles. The molecule has 4 aromatic rings. The molecule has 0 aliphatic rings. The van der Waals surface area contributed by atoms with E-state index < -0.39 is 11.6 Å². The third-order valence-electron chi connectivity index (χ3n) is 4.52. The Hall–Kier alpha value is -4.14. The van der Waals surface area contributed by atoms with Crippen molar-refractivity contribution in [2.24, 2.45) is 5.73 Å². The number of rotatable bonds is 6. The summed E-state index contributed by atoms with van der Waals surface area (Å²) in [4.78, 5) is 36.2. The van der Waals surface area contributed by atoms with Crippen LogP contribution in [0.2, 0.25) is 0 Å². The standard InChI is InChI=1S/C21H19N5O4/c1-3-30-15-8-4-12(5-9-15)19-23-16(18(22)27)17-20(25-19)26(21(28)24-17)13-6-10-14(29-2)11-7-13/h4-11H,3H2,1-2H3,(H2,22,27)(H,24,28). The highest BCUT2D eigenvalue weighted by molar-refractivity contribution is 6.02. The summed E-state index contributed by atoms with van der Waals surface area (Å²) in [5, 5.41) is 0. The Morgan fingerprint density at radius 2 is 1.73 bits per heavy atom. The van der Waals surface area contributed by atoms with Crippen molar-refractivity contribution < 1.29 is 14.3 Å². The molecule has 3 N–H and O–H groups in total. The van der Waals surface area contributed by atoms with Gasteiger partial charge < -0.3 is 20.2 Å². The molecule has 9 nitrogen and oxygen atoms in total. The number of benzene rings is 2. The molecular weight excluding hydrogens is 386 g/mol. The normalized spacial score (nSPS) is 10.9. The van der Waals surface area contributed by atoms with E-state index in [1.165, 1.54) is 4.57 Å². The number of aromatic nitrogens is 4. The van der Waals surface area contributed by atoms with Crippen molar-refractivity contribution >= 4 is 17.1 Å². The Morgan fingerprint density at radius 1 is 1.07 bits per heavy atom. The number of imidazole rings is 1. The SMILES string of the molecule is CCOc1ccc(-c2nc(C(N)=O)c3[nH]c(=O)n(-c4ccc(OC)cc4)c3n2)cc1. The summed E-state index contributed by atoms with van der Waals surface area (Å²) in [6, 6.07) is 14.0. The maximum Gasteiger partial charge on any atom is 0.332 e. The number of nitrogens with one attached hydrogen (secondary N) is 1. The Morgan fingerprint density at radius 3 is 2.33 bits per heavy atom. The number of methoxy groups -OCH3 is 1. The average molecular weight is 405 g/mol. The van der Waals surface area contributed by atoms with E-state index in [2.05, 4.69) is 15.0 Å². The Labute approximate surface area is 171 Å². The first kappa shape index (κ1) is 19.2. The van der Waals surface area contributed by atoms with Gasteiger partial charge in [0.2, 0.25) is 0 Å². The number of aromatic amines is 1. The summed E-state index contributed by atoms with van der Waals surface area (Å²) in [6.45, 7) is 2.44. The van der Waals surface area contributed by atoms with Gasteiger partial charge in [-0.15, -0.1) is 0 Å². The van der Waals surface area contributed by atoms with Gasteiger partial charge in [-0.2, -0.15) is 0 Å². The molecule has 0 aliphatic carbocycles. The minimum Gasteiger partial charge on any atom is -0.497 e. The summed E-state index contributed by atoms with van der Waals surface area (Å²) < 4.78 is 12.0. The van der Waals surface area contributed by atoms with Crippen molar-refractivity contribution in [3.05, 3.63) is 64.7 Å². The molecule has 0 aliphatic heterocycles. The predicted octanol–water partition coefficient (Wildman–Crippen LogP) is 2.28. The summed E-state index contributed by atoms with van der Waals surface area (Å²) >= 11 is 0. The molecule has 0 saturated carbocycles. The Balaban J connectivity index is 1.92. The summed E-state index contributed by atoms with van der Waals surface area (Å²) in [6.07, 6.45) is 0. The first-order valence-corrected chi connectivity index (χ1v) is 9.22. The van der Waals surface area contributed by atoms with Crippen LogP contribution in [0.4, 0.5) is 0 Å². The zero-order chi connectivity index (χ0) is 21.3. The van der Waals surface area contributed by atoms with Gasteiger partial charge in [0.25, 0.3) is 5.91 Å². The summed E-state index contributed by atoms with van der Waals surface area (Å²) in [5.74, 6) is 0.849. The molecule has 9 heteroatoms. The van der Waals surface area contributed by atoms with Crippen LogP contribution in [0.1, 0.15) is 17.4 Å². The van der Waals surface area contributed by atoms with Gasteiger partial charge in [-0.1, -0.05) is 0 Å². The van der Waals surface area contributed by atoms with Crippen LogP contribution in [0.15, 0.2) is 53.3 Å². The number of carbonyl (C=O) groups is 1. The first-order valence-electron chi connectivity index (χ1n) is 9.22. The molecule has 0 fully saturated rings. The van der Waals surface area contributed by atoms with Crippen molar-refractivity contribution in [2.45, 2.75) is 6.92 Å². The van der Waals surface area contributed by atoms with E-state index in [4.69, 9.17) is 15.2 Å². The van der Waals surface area contributed by atoms with Crippen molar-refractivity contribution in [1.82, 2.24) is 19.5 Å². The molecule has 0 atom stereocenters. The molecule has 2 heterocycles. The van der Waals surface area contributed by atoms with E-state index in [-0.39, 0.29) is 22.7 Å². The van der Waals surface area contributed by atoms with E-state index in [9.17, 15) is 9.59 Å². The van der Waals surface area contributed by atoms with Crippen LogP contribution in [0.5, 0.6) is 11.5 Å². The van der Waals surface area contributed by atoms with Crippen LogP contribution in [0.25, 0.3) is 28.2 Å². The number of carbonyl (C=O) groups excluding carboxylic acids is 1. The van der Waals surface area contributed by atoms with Crippen molar-refractivity contribution in [2.75, 3.05) is 13.7 Å². The van der Waals surface area contributed by atoms with Crippen LogP contribution < -0.4 is 20.9 Å². The quantitative estimate of drug-likeness (QED) is 0.507. The lowest BCUT2D eigenvalue weighted by Crippen LogP contribution is -2.15. The van der Waals surface area contributed by atoms with Crippen molar-refractivity contribution in [3.63, 3.8) is 0 Å². The van der Waals surface area contributed by atoms with E-state index >= 15 is 0 Å². The summed E-state index contributed by atoms with van der Waals surface area (Å²) in [5.41, 5.74) is 6.64. The largest absolute Gasteiger partial charge is 0.497 e. The third-order valence-corrected chi connectivity index (χ3v) is 4.52. The van der Waals surface area contributed by atoms with E-state index in [0.717, 1.165) is 0 Å². The van der Waals surface area contributed by atoms with Gasteiger partial charge in [0.1, 0.15) is 17.0 Å². The van der Waals surface area contributed by atoms with Crippen LogP contribution in [-0.4, -0.2) is 39.1 Å². The van der Waals surface area contributed by atoms with E-state index in [1.54, 1.807) is 55.6 Å². The number of hydrogen-bond donors (Lipinski definition) is 2. The second-order valence-corrected chi connectivity index (χ2v) is 6.38. The van der Waals surface area contributed by atoms with Crippen LogP contribution in [0.3, 0.4) is 0 Å².